The molecule has 0 N–H and O–H groups in total. The molecule has 0 aliphatic heterocycles. The molecule has 1 atom stereocenters. The van der Waals surface area contributed by atoms with E-state index in [1.807, 2.05) is 62.3 Å². The van der Waals surface area contributed by atoms with Gasteiger partial charge < -0.3 is 9.47 Å². The molecule has 1 rings (SSSR count). The van der Waals surface area contributed by atoms with Crippen molar-refractivity contribution in [1.29, 1.82) is 0 Å². The van der Waals surface area contributed by atoms with Crippen LogP contribution in [0.2, 0.25) is 0 Å². The van der Waals surface area contributed by atoms with Gasteiger partial charge >= 0.3 is 11.9 Å². The van der Waals surface area contributed by atoms with Gasteiger partial charge in [-0.15, -0.1) is 0 Å². The third kappa shape index (κ3) is 13.3. The molecule has 0 aliphatic rings. The SMILES string of the molecule is CC(C)=CCC/C(C)=C/CC/C(C)=C/CC[C@H](C)CCc1c(C)c(OC(=O)C(C)(C)C)c(C)c(C)c1OC(=O)C(C)(C)C. The molecule has 0 heterocycles. The molecule has 0 saturated heterocycles. The van der Waals surface area contributed by atoms with Crippen molar-refractivity contribution in [2.75, 3.05) is 0 Å². The van der Waals surface area contributed by atoms with Crippen LogP contribution >= 0.6 is 0 Å². The lowest BCUT2D eigenvalue weighted by Crippen LogP contribution is -2.28. The molecule has 4 heteroatoms. The van der Waals surface area contributed by atoms with E-state index in [9.17, 15) is 9.59 Å². The van der Waals surface area contributed by atoms with Gasteiger partial charge in [0.25, 0.3) is 0 Å². The minimum absolute atomic E-state index is 0.262. The second kappa shape index (κ2) is 17.0. The van der Waals surface area contributed by atoms with E-state index in [1.165, 1.54) is 16.7 Å². The van der Waals surface area contributed by atoms with Gasteiger partial charge in [0.1, 0.15) is 11.5 Å². The molecule has 43 heavy (non-hydrogen) atoms. The van der Waals surface area contributed by atoms with Gasteiger partial charge in [0.15, 0.2) is 0 Å². The molecule has 0 aromatic heterocycles. The Morgan fingerprint density at radius 2 is 1.09 bits per heavy atom. The van der Waals surface area contributed by atoms with Gasteiger partial charge in [0.2, 0.25) is 0 Å². The minimum Gasteiger partial charge on any atom is -0.426 e. The summed E-state index contributed by atoms with van der Waals surface area (Å²) < 4.78 is 12.0. The second-order valence-corrected chi connectivity index (χ2v) is 15.0. The molecular formula is C39H62O4. The highest BCUT2D eigenvalue weighted by molar-refractivity contribution is 5.81. The highest BCUT2D eigenvalue weighted by atomic mass is 16.5. The van der Waals surface area contributed by atoms with E-state index in [2.05, 4.69) is 52.8 Å². The van der Waals surface area contributed by atoms with Gasteiger partial charge in [-0.25, -0.2) is 0 Å². The van der Waals surface area contributed by atoms with Crippen LogP contribution in [0.25, 0.3) is 0 Å². The van der Waals surface area contributed by atoms with E-state index in [0.29, 0.717) is 17.4 Å². The van der Waals surface area contributed by atoms with Crippen LogP contribution in [0, 0.1) is 37.5 Å². The number of carbonyl (C=O) groups excluding carboxylic acids is 2. The second-order valence-electron chi connectivity index (χ2n) is 15.0. The van der Waals surface area contributed by atoms with Crippen molar-refractivity contribution in [1.82, 2.24) is 0 Å². The molecule has 0 bridgehead atoms. The summed E-state index contributed by atoms with van der Waals surface area (Å²) in [6.45, 7) is 28.1. The number of hydrogen-bond acceptors (Lipinski definition) is 4. The van der Waals surface area contributed by atoms with Crippen LogP contribution in [0.3, 0.4) is 0 Å². The molecule has 0 unspecified atom stereocenters. The number of carbonyl (C=O) groups is 2. The summed E-state index contributed by atoms with van der Waals surface area (Å²) in [4.78, 5) is 25.8. The Morgan fingerprint density at radius 1 is 0.651 bits per heavy atom. The Balaban J connectivity index is 3.00. The molecular weight excluding hydrogens is 532 g/mol. The fourth-order valence-electron chi connectivity index (χ4n) is 4.73. The number of rotatable bonds is 14. The van der Waals surface area contributed by atoms with Crippen LogP contribution in [0.5, 0.6) is 11.5 Å². The maximum Gasteiger partial charge on any atom is 0.316 e. The van der Waals surface area contributed by atoms with Gasteiger partial charge in [-0.3, -0.25) is 9.59 Å². The van der Waals surface area contributed by atoms with Gasteiger partial charge in [-0.1, -0.05) is 41.9 Å². The summed E-state index contributed by atoms with van der Waals surface area (Å²) in [6, 6.07) is 0. The normalized spacial score (nSPS) is 13.5. The summed E-state index contributed by atoms with van der Waals surface area (Å²) in [5, 5.41) is 0. The van der Waals surface area contributed by atoms with Crippen LogP contribution in [0.1, 0.15) is 143 Å². The molecule has 0 radical (unpaired) electrons. The maximum atomic E-state index is 13.0. The fourth-order valence-corrected chi connectivity index (χ4v) is 4.73. The molecule has 0 fully saturated rings. The predicted octanol–water partition coefficient (Wildman–Crippen LogP) is 11.3. The highest BCUT2D eigenvalue weighted by Crippen LogP contribution is 2.40. The maximum absolute atomic E-state index is 13.0. The van der Waals surface area contributed by atoms with Crippen molar-refractivity contribution >= 4 is 11.9 Å². The summed E-state index contributed by atoms with van der Waals surface area (Å²) in [5.41, 5.74) is 6.60. The first kappa shape index (κ1) is 38.4. The van der Waals surface area contributed by atoms with Crippen molar-refractivity contribution in [2.24, 2.45) is 16.7 Å². The fraction of sp³-hybridized carbons (Fsp3) is 0.641. The quantitative estimate of drug-likeness (QED) is 0.122. The third-order valence-corrected chi connectivity index (χ3v) is 8.09. The molecule has 1 aromatic carbocycles. The molecule has 1 aromatic rings. The summed E-state index contributed by atoms with van der Waals surface area (Å²) in [7, 11) is 0. The third-order valence-electron chi connectivity index (χ3n) is 8.09. The number of ether oxygens (including phenoxy) is 2. The largest absolute Gasteiger partial charge is 0.426 e. The molecule has 4 nitrogen and oxygen atoms in total. The van der Waals surface area contributed by atoms with Crippen LogP contribution in [0.4, 0.5) is 0 Å². The first-order chi connectivity index (χ1) is 19.7. The van der Waals surface area contributed by atoms with E-state index in [1.54, 1.807) is 0 Å². The smallest absolute Gasteiger partial charge is 0.316 e. The highest BCUT2D eigenvalue weighted by Gasteiger charge is 2.30. The van der Waals surface area contributed by atoms with Crippen LogP contribution in [-0.4, -0.2) is 11.9 Å². The molecule has 0 saturated carbocycles. The van der Waals surface area contributed by atoms with Crippen LogP contribution in [-0.2, 0) is 16.0 Å². The van der Waals surface area contributed by atoms with E-state index in [-0.39, 0.29) is 11.9 Å². The average molecular weight is 595 g/mol. The van der Waals surface area contributed by atoms with E-state index < -0.39 is 10.8 Å². The lowest BCUT2D eigenvalue weighted by molar-refractivity contribution is -0.144. The standard InChI is InChI=1S/C39H62O4/c1-26(2)18-15-19-27(3)20-16-21-28(4)22-17-23-29(5)24-25-33-32(8)34(42-36(40)38(9,10)11)30(6)31(7)35(33)43-37(41)39(12,13)14/h18,20,22,29H,15-17,19,21,23-25H2,1-14H3/b27-20+,28-22+/t29-/m0/s1. The first-order valence-electron chi connectivity index (χ1n) is 16.3. The lowest BCUT2D eigenvalue weighted by Gasteiger charge is -2.26. The summed E-state index contributed by atoms with van der Waals surface area (Å²) in [5.74, 6) is 1.18. The Labute approximate surface area is 264 Å². The van der Waals surface area contributed by atoms with Crippen molar-refractivity contribution in [3.63, 3.8) is 0 Å². The van der Waals surface area contributed by atoms with Gasteiger partial charge in [-0.2, -0.15) is 0 Å². The average Bonchev–Trinajstić information content (AvgIpc) is 2.87. The number of hydrogen-bond donors (Lipinski definition) is 0. The van der Waals surface area contributed by atoms with Crippen molar-refractivity contribution in [2.45, 2.75) is 148 Å². The zero-order valence-electron chi connectivity index (χ0n) is 30.1. The molecule has 0 spiro atoms. The zero-order chi connectivity index (χ0) is 33.1. The van der Waals surface area contributed by atoms with Gasteiger partial charge in [0, 0.05) is 5.56 Å². The van der Waals surface area contributed by atoms with E-state index in [0.717, 1.165) is 73.6 Å². The Bertz CT molecular complexity index is 1190. The van der Waals surface area contributed by atoms with Crippen molar-refractivity contribution in [3.05, 3.63) is 57.2 Å². The van der Waals surface area contributed by atoms with Gasteiger partial charge in [0.05, 0.1) is 10.8 Å². The number of benzene rings is 1. The first-order valence-corrected chi connectivity index (χ1v) is 16.3. The Kier molecular flexibility index (Phi) is 15.2. The molecule has 242 valence electrons. The topological polar surface area (TPSA) is 52.6 Å². The summed E-state index contributed by atoms with van der Waals surface area (Å²) >= 11 is 0. The Hall–Kier alpha value is -2.62. The predicted molar refractivity (Wildman–Crippen MR) is 183 cm³/mol. The minimum atomic E-state index is -0.625. The number of esters is 2. The lowest BCUT2D eigenvalue weighted by atomic mass is 9.90. The van der Waals surface area contributed by atoms with Crippen molar-refractivity contribution < 1.29 is 19.1 Å². The Morgan fingerprint density at radius 3 is 1.58 bits per heavy atom. The van der Waals surface area contributed by atoms with E-state index >= 15 is 0 Å². The van der Waals surface area contributed by atoms with Crippen LogP contribution in [0.15, 0.2) is 34.9 Å². The zero-order valence-corrected chi connectivity index (χ0v) is 30.1. The number of allylic oxidation sites excluding steroid dienone is 6. The van der Waals surface area contributed by atoms with Crippen LogP contribution < -0.4 is 9.47 Å². The molecule has 0 amide bonds. The van der Waals surface area contributed by atoms with E-state index in [4.69, 9.17) is 9.47 Å². The van der Waals surface area contributed by atoms with Gasteiger partial charge in [-0.05, 0) is 164 Å². The summed E-state index contributed by atoms with van der Waals surface area (Å²) in [6.07, 6.45) is 15.4. The monoisotopic (exact) mass is 594 g/mol. The van der Waals surface area contributed by atoms with Crippen molar-refractivity contribution in [3.8, 4) is 11.5 Å². The molecule has 0 aliphatic carbocycles.